The number of nitrogens with zero attached hydrogens (tertiary/aromatic N) is 7. The molecule has 0 bridgehead atoms. The van der Waals surface area contributed by atoms with Crippen LogP contribution in [0.25, 0.3) is 0 Å². The number of benzene rings is 2. The van der Waals surface area contributed by atoms with E-state index in [1.807, 2.05) is 67.1 Å². The highest BCUT2D eigenvalue weighted by molar-refractivity contribution is 6.04. The Morgan fingerprint density at radius 1 is 0.926 bits per heavy atom. The van der Waals surface area contributed by atoms with Crippen molar-refractivity contribution in [3.8, 4) is 0 Å². The number of alkyl halides is 2. The summed E-state index contributed by atoms with van der Waals surface area (Å²) in [6, 6.07) is 15.3. The van der Waals surface area contributed by atoms with E-state index in [1.165, 1.54) is 0 Å². The van der Waals surface area contributed by atoms with Gasteiger partial charge in [0, 0.05) is 70.3 Å². The molecular weight excluding hydrogens is 692 g/mol. The highest BCUT2D eigenvalue weighted by atomic mass is 19.3. The van der Waals surface area contributed by atoms with Gasteiger partial charge in [0.05, 0.1) is 41.3 Å². The van der Waals surface area contributed by atoms with Crippen LogP contribution in [0.3, 0.4) is 0 Å². The number of amides is 3. The third-order valence-corrected chi connectivity index (χ3v) is 11.4. The van der Waals surface area contributed by atoms with E-state index in [0.29, 0.717) is 61.7 Å². The van der Waals surface area contributed by atoms with Crippen LogP contribution >= 0.6 is 0 Å². The number of anilines is 1. The number of rotatable bonds is 11. The van der Waals surface area contributed by atoms with Crippen molar-refractivity contribution in [1.29, 1.82) is 0 Å². The molecule has 1 aliphatic carbocycles. The molecule has 7 rings (SSSR count). The first-order chi connectivity index (χ1) is 25.9. The number of hydrogen-bond donors (Lipinski definition) is 2. The topological polar surface area (TPSA) is 121 Å². The number of likely N-dealkylation sites (tertiary alicyclic amines) is 1. The van der Waals surface area contributed by atoms with Crippen molar-refractivity contribution < 1.29 is 23.2 Å². The van der Waals surface area contributed by atoms with Crippen LogP contribution in [0.15, 0.2) is 54.7 Å². The highest BCUT2D eigenvalue weighted by Gasteiger charge is 2.50. The van der Waals surface area contributed by atoms with Gasteiger partial charge in [0.2, 0.25) is 0 Å². The number of nitrogens with one attached hydrogen (secondary N) is 2. The Morgan fingerprint density at radius 3 is 2.24 bits per heavy atom. The number of hydrogen-bond acceptors (Lipinski definition) is 7. The normalized spacial score (nSPS) is 17.3. The number of aromatic nitrogens is 4. The van der Waals surface area contributed by atoms with Crippen LogP contribution in [0.4, 0.5) is 14.5 Å². The number of aryl methyl sites for hydroxylation is 1. The zero-order valence-electron chi connectivity index (χ0n) is 31.4. The summed E-state index contributed by atoms with van der Waals surface area (Å²) >= 11 is 0. The molecule has 0 radical (unpaired) electrons. The Bertz CT molecular complexity index is 1990. The number of piperidine rings is 1. The molecule has 2 fully saturated rings. The third kappa shape index (κ3) is 7.41. The second kappa shape index (κ2) is 15.4. The maximum absolute atomic E-state index is 13.6. The lowest BCUT2D eigenvalue weighted by Gasteiger charge is -2.53. The summed E-state index contributed by atoms with van der Waals surface area (Å²) in [5.74, 6) is -0.0805. The summed E-state index contributed by atoms with van der Waals surface area (Å²) in [5.41, 5.74) is 6.38. The van der Waals surface area contributed by atoms with E-state index < -0.39 is 6.43 Å². The molecule has 1 saturated carbocycles. The molecule has 286 valence electrons. The number of halogens is 2. The Balaban J connectivity index is 0.947. The van der Waals surface area contributed by atoms with Crippen LogP contribution < -0.4 is 10.6 Å². The molecule has 12 nitrogen and oxygen atoms in total. The minimum atomic E-state index is -2.34. The Morgan fingerprint density at radius 2 is 1.61 bits per heavy atom. The number of carbonyl (C=O) groups excluding carboxylic acids is 3. The van der Waals surface area contributed by atoms with Crippen LogP contribution in [0, 0.1) is 13.8 Å². The molecule has 1 spiro atoms. The molecule has 2 aromatic heterocycles. The lowest BCUT2D eigenvalue weighted by atomic mass is 9.71. The molecule has 14 heteroatoms. The molecule has 0 atom stereocenters. The van der Waals surface area contributed by atoms with Gasteiger partial charge < -0.3 is 20.1 Å². The summed E-state index contributed by atoms with van der Waals surface area (Å²) in [5, 5.41) is 10.5. The molecule has 3 aliphatic rings. The molecule has 2 aromatic carbocycles. The number of imidazole rings is 1. The van der Waals surface area contributed by atoms with Crippen molar-refractivity contribution in [2.24, 2.45) is 0 Å². The monoisotopic (exact) mass is 741 g/mol. The fourth-order valence-electron chi connectivity index (χ4n) is 8.39. The lowest BCUT2D eigenvalue weighted by molar-refractivity contribution is -0.0222. The largest absolute Gasteiger partial charge is 0.345 e. The van der Waals surface area contributed by atoms with Gasteiger partial charge in [-0.15, -0.1) is 0 Å². The van der Waals surface area contributed by atoms with E-state index in [0.717, 1.165) is 60.6 Å². The number of fused-ring (bicyclic) bond motifs is 2. The van der Waals surface area contributed by atoms with E-state index in [1.54, 1.807) is 30.1 Å². The summed E-state index contributed by atoms with van der Waals surface area (Å²) in [6.07, 6.45) is 3.76. The quantitative estimate of drug-likeness (QED) is 0.212. The van der Waals surface area contributed by atoms with Crippen molar-refractivity contribution in [2.75, 3.05) is 45.6 Å². The van der Waals surface area contributed by atoms with Crippen LogP contribution in [0.5, 0.6) is 0 Å². The van der Waals surface area contributed by atoms with Crippen LogP contribution in [0.2, 0.25) is 0 Å². The van der Waals surface area contributed by atoms with Gasteiger partial charge >= 0.3 is 0 Å². The maximum Gasteiger partial charge on any atom is 0.287 e. The summed E-state index contributed by atoms with van der Waals surface area (Å²) in [6.45, 7) is 7.31. The van der Waals surface area contributed by atoms with Crippen molar-refractivity contribution >= 4 is 23.4 Å². The van der Waals surface area contributed by atoms with Crippen LogP contribution in [-0.4, -0.2) is 98.5 Å². The number of carbonyl (C=O) groups is 3. The first kappa shape index (κ1) is 37.4. The van der Waals surface area contributed by atoms with Crippen molar-refractivity contribution in [2.45, 2.75) is 83.6 Å². The van der Waals surface area contributed by atoms with E-state index in [9.17, 15) is 23.2 Å². The minimum Gasteiger partial charge on any atom is -0.345 e. The van der Waals surface area contributed by atoms with Gasteiger partial charge in [0.15, 0.2) is 5.82 Å². The van der Waals surface area contributed by atoms with Crippen LogP contribution in [-0.2, 0) is 25.2 Å². The minimum absolute atomic E-state index is 0.0139. The second-order valence-corrected chi connectivity index (χ2v) is 15.1. The molecule has 3 amide bonds. The summed E-state index contributed by atoms with van der Waals surface area (Å²) in [7, 11) is 3.51. The molecule has 4 aromatic rings. The van der Waals surface area contributed by atoms with Gasteiger partial charge in [-0.1, -0.05) is 24.3 Å². The zero-order valence-corrected chi connectivity index (χ0v) is 31.4. The average Bonchev–Trinajstić information content (AvgIpc) is 3.70. The predicted octanol–water partition coefficient (Wildman–Crippen LogP) is 5.38. The Hall–Kier alpha value is -4.95. The molecular formula is C40H49F2N9O3. The molecule has 2 N–H and O–H groups in total. The van der Waals surface area contributed by atoms with Crippen molar-refractivity contribution in [1.82, 2.24) is 39.3 Å². The van der Waals surface area contributed by atoms with Gasteiger partial charge in [-0.3, -0.25) is 28.9 Å². The average molecular weight is 742 g/mol. The van der Waals surface area contributed by atoms with Gasteiger partial charge in [-0.25, -0.2) is 13.8 Å². The smallest absolute Gasteiger partial charge is 0.287 e. The highest BCUT2D eigenvalue weighted by Crippen LogP contribution is 2.50. The first-order valence-electron chi connectivity index (χ1n) is 18.8. The Kier molecular flexibility index (Phi) is 10.7. The van der Waals surface area contributed by atoms with Crippen molar-refractivity contribution in [3.05, 3.63) is 99.9 Å². The first-order valence-corrected chi connectivity index (χ1v) is 18.8. The standard InChI is InChI=1S/C40H49F2N9O3/c1-26-35-40(16-5-17-40)49(24-29-6-10-30(11-7-29)39(54)47(3)4)20-21-50(35)36(45-26)38(53)43-22-28-8-12-31(13-9-28)46-37(52)33-23-44-51(27(33)2)32-14-18-48(19-15-32)25-34(41)42/h6-13,23,32,34H,5,14-22,24-25H2,1-4H3,(H,43,53)(H,46,52). The molecule has 2 aliphatic heterocycles. The summed E-state index contributed by atoms with van der Waals surface area (Å²) in [4.78, 5) is 49.8. The van der Waals surface area contributed by atoms with E-state index in [-0.39, 0.29) is 35.8 Å². The predicted molar refractivity (Wildman–Crippen MR) is 201 cm³/mol. The molecule has 4 heterocycles. The van der Waals surface area contributed by atoms with Gasteiger partial charge in [0.25, 0.3) is 24.1 Å². The fourth-order valence-corrected chi connectivity index (χ4v) is 8.39. The SMILES string of the molecule is Cc1nc(C(=O)NCc2ccc(NC(=O)c3cnn(C4CCN(CC(F)F)CC4)c3C)cc2)n2c1C1(CCC1)N(Cc1ccc(C(=O)N(C)C)cc1)CC2. The van der Waals surface area contributed by atoms with Gasteiger partial charge in [-0.2, -0.15) is 5.10 Å². The Labute approximate surface area is 314 Å². The fraction of sp³-hybridized carbons (Fsp3) is 0.475. The van der Waals surface area contributed by atoms with E-state index >= 15 is 0 Å². The second-order valence-electron chi connectivity index (χ2n) is 15.1. The van der Waals surface area contributed by atoms with Crippen LogP contribution in [0.1, 0.15) is 97.7 Å². The lowest BCUT2D eigenvalue weighted by Crippen LogP contribution is -2.56. The van der Waals surface area contributed by atoms with Gasteiger partial charge in [-0.05, 0) is 81.3 Å². The molecule has 54 heavy (non-hydrogen) atoms. The molecule has 0 unspecified atom stereocenters. The van der Waals surface area contributed by atoms with Crippen molar-refractivity contribution in [3.63, 3.8) is 0 Å². The van der Waals surface area contributed by atoms with E-state index in [4.69, 9.17) is 4.98 Å². The molecule has 1 saturated heterocycles. The maximum atomic E-state index is 13.6. The zero-order chi connectivity index (χ0) is 38.1. The summed E-state index contributed by atoms with van der Waals surface area (Å²) < 4.78 is 29.5. The van der Waals surface area contributed by atoms with Gasteiger partial charge in [0.1, 0.15) is 0 Å². The van der Waals surface area contributed by atoms with E-state index in [2.05, 4.69) is 25.2 Å². The third-order valence-electron chi connectivity index (χ3n) is 11.4.